The third-order valence-corrected chi connectivity index (χ3v) is 7.40. The maximum atomic E-state index is 13.4. The van der Waals surface area contributed by atoms with Crippen LogP contribution < -0.4 is 14.8 Å². The number of hydrogen-bond donors (Lipinski definition) is 2. The average molecular weight is 576 g/mol. The van der Waals surface area contributed by atoms with Crippen molar-refractivity contribution in [1.29, 1.82) is 0 Å². The zero-order valence-corrected chi connectivity index (χ0v) is 22.7. The molecule has 0 unspecified atom stereocenters. The van der Waals surface area contributed by atoms with Crippen molar-refractivity contribution in [3.8, 4) is 11.5 Å². The van der Waals surface area contributed by atoms with Gasteiger partial charge in [0, 0.05) is 12.1 Å². The molecule has 1 atom stereocenters. The van der Waals surface area contributed by atoms with Gasteiger partial charge in [-0.1, -0.05) is 17.8 Å². The average Bonchev–Trinajstić information content (AvgIpc) is 3.43. The summed E-state index contributed by atoms with van der Waals surface area (Å²) < 4.78 is 15.9. The number of amides is 2. The number of carbonyl (C=O) groups excluding carboxylic acids is 3. The molecular formula is C29H25N3O8S. The summed E-state index contributed by atoms with van der Waals surface area (Å²) in [6.45, 7) is 2.29. The van der Waals surface area contributed by atoms with Crippen LogP contribution in [0.3, 0.4) is 0 Å². The lowest BCUT2D eigenvalue weighted by molar-refractivity contribution is -0.129. The van der Waals surface area contributed by atoms with E-state index in [-0.39, 0.29) is 37.8 Å². The van der Waals surface area contributed by atoms with Crippen LogP contribution in [0.5, 0.6) is 11.5 Å². The van der Waals surface area contributed by atoms with E-state index in [4.69, 9.17) is 19.3 Å². The Bertz CT molecular complexity index is 1520. The van der Waals surface area contributed by atoms with Gasteiger partial charge in [0.15, 0.2) is 16.7 Å². The van der Waals surface area contributed by atoms with Gasteiger partial charge in [0.05, 0.1) is 30.0 Å². The van der Waals surface area contributed by atoms with Gasteiger partial charge in [0.1, 0.15) is 5.25 Å². The summed E-state index contributed by atoms with van der Waals surface area (Å²) >= 11 is 1.14. The number of carboxylic acid groups (broad SMARTS) is 1. The van der Waals surface area contributed by atoms with Gasteiger partial charge in [-0.15, -0.1) is 0 Å². The molecule has 3 aromatic carbocycles. The number of esters is 1. The van der Waals surface area contributed by atoms with Crippen molar-refractivity contribution in [1.82, 2.24) is 4.90 Å². The molecule has 0 bridgehead atoms. The van der Waals surface area contributed by atoms with E-state index in [0.29, 0.717) is 33.6 Å². The lowest BCUT2D eigenvalue weighted by atomic mass is 10.1. The normalized spacial score (nSPS) is 16.9. The number of nitrogens with one attached hydrogen (secondary N) is 1. The van der Waals surface area contributed by atoms with Gasteiger partial charge in [-0.2, -0.15) is 0 Å². The quantitative estimate of drug-likeness (QED) is 0.372. The number of anilines is 1. The molecule has 5 rings (SSSR count). The van der Waals surface area contributed by atoms with Crippen LogP contribution in [-0.4, -0.2) is 57.6 Å². The molecule has 0 spiro atoms. The Morgan fingerprint density at radius 1 is 1.02 bits per heavy atom. The molecule has 1 fully saturated rings. The highest BCUT2D eigenvalue weighted by Gasteiger charge is 2.36. The lowest BCUT2D eigenvalue weighted by Crippen LogP contribution is -2.44. The Morgan fingerprint density at radius 3 is 2.44 bits per heavy atom. The summed E-state index contributed by atoms with van der Waals surface area (Å²) in [5.74, 6) is -1.04. The minimum atomic E-state index is -1.07. The number of nitrogens with zero attached hydrogens (tertiary/aromatic N) is 2. The van der Waals surface area contributed by atoms with E-state index in [1.165, 1.54) is 29.2 Å². The Morgan fingerprint density at radius 2 is 1.73 bits per heavy atom. The van der Waals surface area contributed by atoms with E-state index < -0.39 is 23.1 Å². The van der Waals surface area contributed by atoms with Crippen LogP contribution in [-0.2, 0) is 20.9 Å². The number of rotatable bonds is 8. The highest BCUT2D eigenvalue weighted by atomic mass is 32.2. The van der Waals surface area contributed by atoms with Crippen molar-refractivity contribution in [3.05, 3.63) is 83.4 Å². The Balaban J connectivity index is 1.39. The molecule has 41 heavy (non-hydrogen) atoms. The fraction of sp³-hybridized carbons (Fsp3) is 0.207. The first kappa shape index (κ1) is 27.7. The molecule has 0 aromatic heterocycles. The standard InChI is InChI=1S/C29H25N3O8S/c1-2-38-28(37)19-6-10-21(11-7-19)31-29-32(15-17-3-12-22-23(13-17)40-16-39-22)25(33)14-24(41-29)26(34)30-20-8-4-18(5-9-20)27(35)36/h3-13,24H,2,14-16H2,1H3,(H,30,34)(H,35,36)/t24-/m0/s1. The number of benzene rings is 3. The molecule has 0 saturated carbocycles. The van der Waals surface area contributed by atoms with E-state index in [1.807, 2.05) is 6.07 Å². The van der Waals surface area contributed by atoms with Crippen LogP contribution >= 0.6 is 11.8 Å². The van der Waals surface area contributed by atoms with Crippen molar-refractivity contribution in [2.45, 2.75) is 25.1 Å². The molecule has 3 aromatic rings. The van der Waals surface area contributed by atoms with Gasteiger partial charge in [0.2, 0.25) is 18.6 Å². The number of amidine groups is 1. The number of ether oxygens (including phenoxy) is 3. The summed E-state index contributed by atoms with van der Waals surface area (Å²) in [5.41, 5.74) is 2.13. The number of fused-ring (bicyclic) bond motifs is 1. The van der Waals surface area contributed by atoms with Crippen LogP contribution in [0, 0.1) is 0 Å². The number of carboxylic acids is 1. The van der Waals surface area contributed by atoms with Crippen molar-refractivity contribution in [2.24, 2.45) is 4.99 Å². The number of aromatic carboxylic acids is 1. The predicted octanol–water partition coefficient (Wildman–Crippen LogP) is 4.45. The maximum Gasteiger partial charge on any atom is 0.338 e. The van der Waals surface area contributed by atoms with Crippen LogP contribution in [0.1, 0.15) is 39.6 Å². The minimum absolute atomic E-state index is 0.0743. The molecule has 12 heteroatoms. The van der Waals surface area contributed by atoms with Crippen LogP contribution in [0.25, 0.3) is 0 Å². The van der Waals surface area contributed by atoms with Crippen molar-refractivity contribution in [3.63, 3.8) is 0 Å². The van der Waals surface area contributed by atoms with Gasteiger partial charge in [-0.3, -0.25) is 14.5 Å². The maximum absolute atomic E-state index is 13.4. The predicted molar refractivity (Wildman–Crippen MR) is 151 cm³/mol. The van der Waals surface area contributed by atoms with Crippen molar-refractivity contribution >= 4 is 52.1 Å². The zero-order valence-electron chi connectivity index (χ0n) is 21.9. The van der Waals surface area contributed by atoms with Gasteiger partial charge in [0.25, 0.3) is 0 Å². The van der Waals surface area contributed by atoms with Crippen LogP contribution in [0.15, 0.2) is 71.7 Å². The molecule has 2 aliphatic heterocycles. The molecule has 2 N–H and O–H groups in total. The van der Waals surface area contributed by atoms with Gasteiger partial charge >= 0.3 is 11.9 Å². The summed E-state index contributed by atoms with van der Waals surface area (Å²) in [4.78, 5) is 55.9. The van der Waals surface area contributed by atoms with Gasteiger partial charge in [-0.25, -0.2) is 14.6 Å². The Hall–Kier alpha value is -4.84. The summed E-state index contributed by atoms with van der Waals surface area (Å²) in [6, 6.07) is 17.6. The number of thioether (sulfide) groups is 1. The third-order valence-electron chi connectivity index (χ3n) is 6.21. The summed E-state index contributed by atoms with van der Waals surface area (Å²) in [5, 5.41) is 11.4. The molecule has 0 radical (unpaired) electrons. The molecule has 2 heterocycles. The Labute approximate surface area is 239 Å². The topological polar surface area (TPSA) is 144 Å². The number of aliphatic imine (C=N–C) groups is 1. The molecular weight excluding hydrogens is 550 g/mol. The lowest BCUT2D eigenvalue weighted by Gasteiger charge is -2.32. The van der Waals surface area contributed by atoms with Gasteiger partial charge in [-0.05, 0) is 73.2 Å². The first-order chi connectivity index (χ1) is 19.8. The second-order valence-electron chi connectivity index (χ2n) is 9.01. The van der Waals surface area contributed by atoms with Crippen molar-refractivity contribution < 1.29 is 38.5 Å². The molecule has 210 valence electrons. The fourth-order valence-corrected chi connectivity index (χ4v) is 5.23. The second-order valence-corrected chi connectivity index (χ2v) is 10.2. The SMILES string of the molecule is CCOC(=O)c1ccc(N=C2S[C@H](C(=O)Nc3ccc(C(=O)O)cc3)CC(=O)N2Cc2ccc3c(c2)OCO3)cc1. The zero-order chi connectivity index (χ0) is 28.9. The summed E-state index contributed by atoms with van der Waals surface area (Å²) in [6.07, 6.45) is -0.0743. The Kier molecular flexibility index (Phi) is 8.20. The molecule has 1 saturated heterocycles. The molecule has 2 aliphatic rings. The summed E-state index contributed by atoms with van der Waals surface area (Å²) in [7, 11) is 0. The first-order valence-corrected chi connectivity index (χ1v) is 13.5. The largest absolute Gasteiger partial charge is 0.478 e. The second kappa shape index (κ2) is 12.1. The van der Waals surface area contributed by atoms with Crippen molar-refractivity contribution in [2.75, 3.05) is 18.7 Å². The number of hydrogen-bond acceptors (Lipinski definition) is 9. The first-order valence-electron chi connectivity index (χ1n) is 12.7. The smallest absolute Gasteiger partial charge is 0.338 e. The van der Waals surface area contributed by atoms with Crippen LogP contribution in [0.4, 0.5) is 11.4 Å². The van der Waals surface area contributed by atoms with E-state index >= 15 is 0 Å². The van der Waals surface area contributed by atoms with Gasteiger partial charge < -0.3 is 24.6 Å². The number of carbonyl (C=O) groups is 4. The highest BCUT2D eigenvalue weighted by molar-refractivity contribution is 8.15. The highest BCUT2D eigenvalue weighted by Crippen LogP contribution is 2.35. The monoisotopic (exact) mass is 575 g/mol. The molecule has 0 aliphatic carbocycles. The van der Waals surface area contributed by atoms with E-state index in [2.05, 4.69) is 10.3 Å². The van der Waals surface area contributed by atoms with Crippen LogP contribution in [0.2, 0.25) is 0 Å². The van der Waals surface area contributed by atoms with E-state index in [9.17, 15) is 19.2 Å². The van der Waals surface area contributed by atoms with E-state index in [1.54, 1.807) is 43.3 Å². The molecule has 11 nitrogen and oxygen atoms in total. The fourth-order valence-electron chi connectivity index (χ4n) is 4.13. The van der Waals surface area contributed by atoms with E-state index in [0.717, 1.165) is 17.3 Å². The molecule has 2 amide bonds. The third kappa shape index (κ3) is 6.49. The minimum Gasteiger partial charge on any atom is -0.478 e.